The van der Waals surface area contributed by atoms with E-state index in [1.807, 2.05) is 0 Å². The zero-order valence-electron chi connectivity index (χ0n) is 16.6. The molecule has 0 aromatic heterocycles. The number of amides is 1. The van der Waals surface area contributed by atoms with Gasteiger partial charge in [0, 0.05) is 6.07 Å². The van der Waals surface area contributed by atoms with Gasteiger partial charge in [-0.25, -0.2) is 8.78 Å². The molecule has 0 aliphatic heterocycles. The summed E-state index contributed by atoms with van der Waals surface area (Å²) in [5.74, 6) is -2.48. The summed E-state index contributed by atoms with van der Waals surface area (Å²) >= 11 is 6.49. The quantitative estimate of drug-likeness (QED) is 0.619. The summed E-state index contributed by atoms with van der Waals surface area (Å²) in [6.07, 6.45) is 1.79. The van der Waals surface area contributed by atoms with E-state index in [1.165, 1.54) is 6.92 Å². The van der Waals surface area contributed by atoms with Gasteiger partial charge in [0.1, 0.15) is 17.4 Å². The Kier molecular flexibility index (Phi) is 4.95. The summed E-state index contributed by atoms with van der Waals surface area (Å²) in [4.78, 5) is 12.8. The van der Waals surface area contributed by atoms with Crippen LogP contribution in [0.4, 0.5) is 14.5 Å². The highest BCUT2D eigenvalue weighted by atomic mass is 35.5. The highest BCUT2D eigenvalue weighted by molar-refractivity contribution is 6.34. The predicted octanol–water partition coefficient (Wildman–Crippen LogP) is 6.23. The van der Waals surface area contributed by atoms with Gasteiger partial charge in [0.25, 0.3) is 5.91 Å². The van der Waals surface area contributed by atoms with Crippen molar-refractivity contribution >= 4 is 23.2 Å². The molecule has 0 radical (unpaired) electrons. The van der Waals surface area contributed by atoms with Crippen LogP contribution in [-0.4, -0.2) is 11.0 Å². The number of halogens is 3. The maximum absolute atomic E-state index is 14.1. The van der Waals surface area contributed by atoms with Crippen molar-refractivity contribution in [3.63, 3.8) is 0 Å². The van der Waals surface area contributed by atoms with Crippen molar-refractivity contribution in [2.45, 2.75) is 58.3 Å². The Morgan fingerprint density at radius 2 is 1.68 bits per heavy atom. The minimum Gasteiger partial charge on any atom is -0.506 e. The fourth-order valence-electron chi connectivity index (χ4n) is 3.82. The van der Waals surface area contributed by atoms with Crippen molar-refractivity contribution in [1.29, 1.82) is 0 Å². The fraction of sp³-hybridized carbons (Fsp3) is 0.409. The van der Waals surface area contributed by atoms with E-state index in [-0.39, 0.29) is 38.4 Å². The molecule has 0 heterocycles. The Morgan fingerprint density at radius 3 is 2.32 bits per heavy atom. The van der Waals surface area contributed by atoms with E-state index >= 15 is 0 Å². The smallest absolute Gasteiger partial charge is 0.259 e. The molecule has 0 spiro atoms. The second kappa shape index (κ2) is 6.73. The first-order chi connectivity index (χ1) is 12.8. The third-order valence-electron chi connectivity index (χ3n) is 5.76. The van der Waals surface area contributed by atoms with Crippen LogP contribution in [0.2, 0.25) is 5.02 Å². The third kappa shape index (κ3) is 3.37. The van der Waals surface area contributed by atoms with E-state index in [4.69, 9.17) is 11.6 Å². The first-order valence-electron chi connectivity index (χ1n) is 9.18. The lowest BCUT2D eigenvalue weighted by Gasteiger charge is -2.42. The van der Waals surface area contributed by atoms with Crippen LogP contribution in [0.3, 0.4) is 0 Å². The van der Waals surface area contributed by atoms with Crippen molar-refractivity contribution in [3.05, 3.63) is 57.1 Å². The number of fused-ring (bicyclic) bond motifs is 1. The molecule has 1 amide bonds. The molecule has 6 heteroatoms. The minimum atomic E-state index is -0.753. The fourth-order valence-corrected chi connectivity index (χ4v) is 4.28. The number of carbonyl (C=O) groups excluding carboxylic acids is 1. The second-order valence-corrected chi connectivity index (χ2v) is 9.19. The summed E-state index contributed by atoms with van der Waals surface area (Å²) in [7, 11) is 0. The van der Waals surface area contributed by atoms with Crippen LogP contribution in [0.1, 0.15) is 67.6 Å². The van der Waals surface area contributed by atoms with Gasteiger partial charge in [-0.15, -0.1) is 0 Å². The molecule has 1 aliphatic carbocycles. The maximum atomic E-state index is 14.1. The molecule has 28 heavy (non-hydrogen) atoms. The van der Waals surface area contributed by atoms with Crippen LogP contribution in [-0.2, 0) is 10.8 Å². The molecule has 0 atom stereocenters. The number of hydrogen-bond acceptors (Lipinski definition) is 2. The lowest BCUT2D eigenvalue weighted by molar-refractivity contribution is 0.102. The molecule has 0 saturated heterocycles. The van der Waals surface area contributed by atoms with E-state index in [1.54, 1.807) is 6.07 Å². The number of phenols is 1. The maximum Gasteiger partial charge on any atom is 0.259 e. The van der Waals surface area contributed by atoms with Crippen LogP contribution in [0.25, 0.3) is 0 Å². The molecule has 2 N–H and O–H groups in total. The average Bonchev–Trinajstić information content (AvgIpc) is 2.58. The van der Waals surface area contributed by atoms with Gasteiger partial charge in [0.15, 0.2) is 0 Å². The molecule has 0 unspecified atom stereocenters. The Balaban J connectivity index is 2.10. The Hall–Kier alpha value is -2.14. The van der Waals surface area contributed by atoms with Crippen molar-refractivity contribution in [2.75, 3.05) is 5.32 Å². The van der Waals surface area contributed by atoms with Crippen LogP contribution in [0.15, 0.2) is 18.2 Å². The monoisotopic (exact) mass is 407 g/mol. The number of aryl methyl sites for hydroxylation is 1. The van der Waals surface area contributed by atoms with Crippen molar-refractivity contribution < 1.29 is 18.7 Å². The van der Waals surface area contributed by atoms with Crippen molar-refractivity contribution in [1.82, 2.24) is 0 Å². The molecular formula is C22H24ClF2NO2. The number of nitrogens with one attached hydrogen (secondary N) is 1. The number of aromatic hydroxyl groups is 1. The molecule has 0 fully saturated rings. The number of anilines is 1. The molecule has 3 nitrogen and oxygen atoms in total. The third-order valence-corrected chi connectivity index (χ3v) is 6.13. The Morgan fingerprint density at radius 1 is 1.07 bits per heavy atom. The minimum absolute atomic E-state index is 0.0603. The summed E-state index contributed by atoms with van der Waals surface area (Å²) in [6, 6.07) is 3.55. The van der Waals surface area contributed by atoms with Gasteiger partial charge in [0.2, 0.25) is 0 Å². The van der Waals surface area contributed by atoms with Gasteiger partial charge in [-0.3, -0.25) is 4.79 Å². The zero-order valence-corrected chi connectivity index (χ0v) is 17.4. The normalized spacial score (nSPS) is 17.1. The largest absolute Gasteiger partial charge is 0.506 e. The molecule has 2 aromatic carbocycles. The standard InChI is InChI=1S/C22H24ClF2NO2/c1-11-8-15(25)16(10-14(11)24)26-20(28)12-9-13-17(18(23)19(12)27)22(4,5)7-6-21(13,2)3/h8-10,27H,6-7H2,1-5H3,(H,26,28). The van der Waals surface area contributed by atoms with Gasteiger partial charge in [-0.1, -0.05) is 39.3 Å². The predicted molar refractivity (Wildman–Crippen MR) is 107 cm³/mol. The molecule has 150 valence electrons. The summed E-state index contributed by atoms with van der Waals surface area (Å²) in [5.41, 5.74) is 1.01. The number of rotatable bonds is 2. The SMILES string of the molecule is Cc1cc(F)c(NC(=O)c2cc3c(c(Cl)c2O)C(C)(C)CCC3(C)C)cc1F. The van der Waals surface area contributed by atoms with E-state index in [9.17, 15) is 18.7 Å². The first-order valence-corrected chi connectivity index (χ1v) is 9.56. The number of carbonyl (C=O) groups is 1. The van der Waals surface area contributed by atoms with E-state index in [0.717, 1.165) is 36.1 Å². The highest BCUT2D eigenvalue weighted by Gasteiger charge is 2.40. The summed E-state index contributed by atoms with van der Waals surface area (Å²) in [5, 5.41) is 13.1. The molecule has 3 rings (SSSR count). The van der Waals surface area contributed by atoms with Crippen molar-refractivity contribution in [3.8, 4) is 5.75 Å². The molecule has 2 aromatic rings. The highest BCUT2D eigenvalue weighted by Crippen LogP contribution is 2.51. The van der Waals surface area contributed by atoms with Gasteiger partial charge in [-0.05, 0) is 59.4 Å². The lowest BCUT2D eigenvalue weighted by Crippen LogP contribution is -2.34. The first kappa shape index (κ1) is 20.6. The number of hydrogen-bond donors (Lipinski definition) is 2. The van der Waals surface area contributed by atoms with E-state index in [0.29, 0.717) is 0 Å². The Labute approximate surface area is 168 Å². The van der Waals surface area contributed by atoms with E-state index < -0.39 is 17.5 Å². The summed E-state index contributed by atoms with van der Waals surface area (Å²) < 4.78 is 27.9. The topological polar surface area (TPSA) is 49.3 Å². The van der Waals surface area contributed by atoms with Gasteiger partial charge in [0.05, 0.1) is 16.3 Å². The van der Waals surface area contributed by atoms with Crippen LogP contribution < -0.4 is 5.32 Å². The van der Waals surface area contributed by atoms with Crippen molar-refractivity contribution in [2.24, 2.45) is 0 Å². The molecule has 1 aliphatic rings. The van der Waals surface area contributed by atoms with Crippen LogP contribution >= 0.6 is 11.6 Å². The zero-order chi connectivity index (χ0) is 21.0. The van der Waals surface area contributed by atoms with Gasteiger partial charge in [-0.2, -0.15) is 0 Å². The van der Waals surface area contributed by atoms with Crippen LogP contribution in [0.5, 0.6) is 5.75 Å². The molecule has 0 saturated carbocycles. The van der Waals surface area contributed by atoms with E-state index in [2.05, 4.69) is 33.0 Å². The van der Waals surface area contributed by atoms with Crippen LogP contribution in [0, 0.1) is 18.6 Å². The second-order valence-electron chi connectivity index (χ2n) is 8.81. The number of benzene rings is 2. The summed E-state index contributed by atoms with van der Waals surface area (Å²) in [6.45, 7) is 9.66. The van der Waals surface area contributed by atoms with Gasteiger partial charge >= 0.3 is 0 Å². The van der Waals surface area contributed by atoms with Gasteiger partial charge < -0.3 is 10.4 Å². The molecular weight excluding hydrogens is 384 g/mol. The molecule has 0 bridgehead atoms. The number of phenolic OH excluding ortho intramolecular Hbond substituents is 1. The Bertz CT molecular complexity index is 983. The average molecular weight is 408 g/mol. The lowest BCUT2D eigenvalue weighted by atomic mass is 9.63.